The minimum Gasteiger partial charge on any atom is -0.430 e. The summed E-state index contributed by atoms with van der Waals surface area (Å²) in [5, 5.41) is 28.0. The van der Waals surface area contributed by atoms with Gasteiger partial charge in [0, 0.05) is 11.8 Å². The molecule has 2 aromatic carbocycles. The maximum absolute atomic E-state index is 12.0. The Morgan fingerprint density at radius 2 is 1.46 bits per heavy atom. The number of ether oxygens (including phenoxy) is 2. The Morgan fingerprint density at radius 1 is 0.914 bits per heavy atom. The normalized spacial score (nSPS) is 11.9. The molecule has 0 unspecified atom stereocenters. The third-order valence-electron chi connectivity index (χ3n) is 4.35. The fourth-order valence-electron chi connectivity index (χ4n) is 2.83. The molecule has 0 aliphatic heterocycles. The second-order valence-electron chi connectivity index (χ2n) is 6.72. The average Bonchev–Trinajstić information content (AvgIpc) is 2.79. The van der Waals surface area contributed by atoms with Crippen LogP contribution in [0.2, 0.25) is 0 Å². The number of carbonyl (C=O) groups is 1. The molecular weight excluding hydrogens is 492 g/mol. The highest BCUT2D eigenvalue weighted by molar-refractivity contribution is 7.90. The molecule has 0 radical (unpaired) electrons. The van der Waals surface area contributed by atoms with E-state index >= 15 is 0 Å². The molecule has 0 fully saturated rings. The van der Waals surface area contributed by atoms with Crippen LogP contribution in [-0.2, 0) is 29.0 Å². The van der Waals surface area contributed by atoms with Gasteiger partial charge in [-0.25, -0.2) is 13.2 Å². The quantitative estimate of drug-likeness (QED) is 0.143. The standard InChI is InChI=1S/C20H20N2O12S/c1-35(29,30)16-9-7-15(8-10-16)18(17(11-23)14-5-3-2-4-6-14)12-31-20(24)32-13-19(33-21(25)26)34-22(27)28/h2-10,19,23H,11-13H2,1H3. The Kier molecular flexibility index (Phi) is 9.48. The second-order valence-corrected chi connectivity index (χ2v) is 8.73. The maximum atomic E-state index is 12.0. The van der Waals surface area contributed by atoms with Crippen LogP contribution in [0, 0.1) is 20.2 Å². The molecule has 0 heterocycles. The van der Waals surface area contributed by atoms with E-state index in [9.17, 15) is 38.5 Å². The number of benzene rings is 2. The number of aliphatic hydroxyl groups is 1. The molecule has 0 bridgehead atoms. The first kappa shape index (κ1) is 27.0. The highest BCUT2D eigenvalue weighted by atomic mass is 32.2. The van der Waals surface area contributed by atoms with Gasteiger partial charge in [-0.05, 0) is 28.8 Å². The molecule has 0 aromatic heterocycles. The van der Waals surface area contributed by atoms with Crippen LogP contribution in [0.1, 0.15) is 11.1 Å². The number of hydrogen-bond acceptors (Lipinski definition) is 12. The van der Waals surface area contributed by atoms with Crippen LogP contribution < -0.4 is 0 Å². The Hall–Kier alpha value is -4.24. The van der Waals surface area contributed by atoms with Crippen molar-refractivity contribution >= 4 is 27.1 Å². The predicted octanol–water partition coefficient (Wildman–Crippen LogP) is 1.89. The first-order valence-corrected chi connectivity index (χ1v) is 11.5. The van der Waals surface area contributed by atoms with E-state index in [1.165, 1.54) is 24.3 Å². The number of rotatable bonds is 12. The Labute approximate surface area is 198 Å². The number of aliphatic hydroxyl groups excluding tert-OH is 1. The van der Waals surface area contributed by atoms with Crippen LogP contribution in [0.4, 0.5) is 4.79 Å². The van der Waals surface area contributed by atoms with E-state index in [-0.39, 0.29) is 4.90 Å². The van der Waals surface area contributed by atoms with Gasteiger partial charge in [-0.15, -0.1) is 20.2 Å². The molecule has 1 N–H and O–H groups in total. The van der Waals surface area contributed by atoms with Crippen LogP contribution in [-0.4, -0.2) is 62.2 Å². The summed E-state index contributed by atoms with van der Waals surface area (Å²) in [5.74, 6) is 0. The van der Waals surface area contributed by atoms with Crippen LogP contribution >= 0.6 is 0 Å². The largest absolute Gasteiger partial charge is 0.508 e. The predicted molar refractivity (Wildman–Crippen MR) is 117 cm³/mol. The molecule has 0 atom stereocenters. The lowest BCUT2D eigenvalue weighted by molar-refractivity contribution is -0.851. The van der Waals surface area contributed by atoms with E-state index in [0.29, 0.717) is 22.3 Å². The Morgan fingerprint density at radius 3 is 1.94 bits per heavy atom. The molecule has 14 nitrogen and oxygen atoms in total. The van der Waals surface area contributed by atoms with Crippen molar-refractivity contribution in [2.75, 3.05) is 26.1 Å². The molecule has 0 aliphatic carbocycles. The van der Waals surface area contributed by atoms with Crippen molar-refractivity contribution in [2.24, 2.45) is 0 Å². The average molecular weight is 512 g/mol. The van der Waals surface area contributed by atoms with Gasteiger partial charge in [0.05, 0.1) is 11.5 Å². The van der Waals surface area contributed by atoms with Crippen molar-refractivity contribution in [3.63, 3.8) is 0 Å². The van der Waals surface area contributed by atoms with Gasteiger partial charge in [-0.3, -0.25) is 9.68 Å². The van der Waals surface area contributed by atoms with Crippen LogP contribution in [0.25, 0.3) is 11.1 Å². The van der Waals surface area contributed by atoms with E-state index in [4.69, 9.17) is 4.74 Å². The molecular formula is C20H20N2O12S. The number of hydrogen-bond donors (Lipinski definition) is 1. The minimum absolute atomic E-state index is 0.0498. The molecule has 188 valence electrons. The molecule has 0 amide bonds. The van der Waals surface area contributed by atoms with Gasteiger partial charge in [0.25, 0.3) is 16.5 Å². The second kappa shape index (κ2) is 12.3. The highest BCUT2D eigenvalue weighted by Gasteiger charge is 2.22. The van der Waals surface area contributed by atoms with E-state index in [1.807, 2.05) is 0 Å². The minimum atomic E-state index is -3.47. The summed E-state index contributed by atoms with van der Waals surface area (Å²) < 4.78 is 33.1. The van der Waals surface area contributed by atoms with Gasteiger partial charge in [0.2, 0.25) is 0 Å². The molecule has 0 aliphatic rings. The fourth-order valence-corrected chi connectivity index (χ4v) is 3.46. The van der Waals surface area contributed by atoms with E-state index in [0.717, 1.165) is 6.26 Å². The van der Waals surface area contributed by atoms with Crippen LogP contribution in [0.3, 0.4) is 0 Å². The molecule has 15 heteroatoms. The summed E-state index contributed by atoms with van der Waals surface area (Å²) >= 11 is 0. The summed E-state index contributed by atoms with van der Waals surface area (Å²) in [6.45, 7) is -1.98. The maximum Gasteiger partial charge on any atom is 0.508 e. The van der Waals surface area contributed by atoms with Gasteiger partial charge in [-0.2, -0.15) is 0 Å². The van der Waals surface area contributed by atoms with Crippen molar-refractivity contribution in [3.05, 3.63) is 86.0 Å². The zero-order valence-corrected chi connectivity index (χ0v) is 19.0. The van der Waals surface area contributed by atoms with Crippen molar-refractivity contribution in [3.8, 4) is 0 Å². The van der Waals surface area contributed by atoms with Crippen LogP contribution in [0.15, 0.2) is 59.5 Å². The first-order valence-electron chi connectivity index (χ1n) is 9.62. The van der Waals surface area contributed by atoms with Gasteiger partial charge in [0.15, 0.2) is 9.84 Å². The Bertz CT molecular complexity index is 1160. The molecule has 0 spiro atoms. The highest BCUT2D eigenvalue weighted by Crippen LogP contribution is 2.27. The zero-order valence-electron chi connectivity index (χ0n) is 18.1. The summed E-state index contributed by atoms with van der Waals surface area (Å²) in [5.41, 5.74) is 1.67. The molecule has 0 saturated carbocycles. The third-order valence-corrected chi connectivity index (χ3v) is 5.48. The van der Waals surface area contributed by atoms with Crippen LogP contribution in [0.5, 0.6) is 0 Å². The SMILES string of the molecule is CS(=O)(=O)c1ccc(C(COC(=O)OCC(O[N+](=O)[O-])O[N+](=O)[O-])=C(CO)c2ccccc2)cc1. The molecule has 0 saturated heterocycles. The monoisotopic (exact) mass is 512 g/mol. The third kappa shape index (κ3) is 8.56. The number of sulfone groups is 1. The lowest BCUT2D eigenvalue weighted by atomic mass is 9.95. The van der Waals surface area contributed by atoms with E-state index < -0.39 is 52.3 Å². The van der Waals surface area contributed by atoms with Gasteiger partial charge >= 0.3 is 6.16 Å². The summed E-state index contributed by atoms with van der Waals surface area (Å²) in [6.07, 6.45) is -2.47. The molecule has 35 heavy (non-hydrogen) atoms. The molecule has 2 aromatic rings. The summed E-state index contributed by atoms with van der Waals surface area (Å²) in [6, 6.07) is 14.2. The van der Waals surface area contributed by atoms with Gasteiger partial charge in [-0.1, -0.05) is 42.5 Å². The van der Waals surface area contributed by atoms with Crippen molar-refractivity contribution in [1.29, 1.82) is 0 Å². The smallest absolute Gasteiger partial charge is 0.430 e. The first-order chi connectivity index (χ1) is 16.5. The van der Waals surface area contributed by atoms with Crippen molar-refractivity contribution < 1.29 is 47.6 Å². The van der Waals surface area contributed by atoms with Crippen molar-refractivity contribution in [1.82, 2.24) is 0 Å². The summed E-state index contributed by atoms with van der Waals surface area (Å²) in [4.78, 5) is 40.6. The summed E-state index contributed by atoms with van der Waals surface area (Å²) in [7, 11) is -3.47. The zero-order chi connectivity index (χ0) is 26.0. The number of carbonyl (C=O) groups excluding carboxylic acids is 1. The molecule has 2 rings (SSSR count). The Balaban J connectivity index is 2.26. The van der Waals surface area contributed by atoms with E-state index in [1.54, 1.807) is 30.3 Å². The number of nitrogens with zero attached hydrogens (tertiary/aromatic N) is 2. The van der Waals surface area contributed by atoms with Gasteiger partial charge in [0.1, 0.15) is 13.2 Å². The topological polar surface area (TPSA) is 195 Å². The van der Waals surface area contributed by atoms with Crippen molar-refractivity contribution in [2.45, 2.75) is 11.2 Å². The van der Waals surface area contributed by atoms with E-state index in [2.05, 4.69) is 14.4 Å². The fraction of sp³-hybridized carbons (Fsp3) is 0.250. The van der Waals surface area contributed by atoms with Gasteiger partial charge < -0.3 is 14.6 Å². The lowest BCUT2D eigenvalue weighted by Gasteiger charge is -2.16. The lowest BCUT2D eigenvalue weighted by Crippen LogP contribution is -2.30.